The summed E-state index contributed by atoms with van der Waals surface area (Å²) in [5.41, 5.74) is 0.0972. The Morgan fingerprint density at radius 2 is 0.769 bits per heavy atom. The van der Waals surface area contributed by atoms with Crippen LogP contribution in [0.5, 0.6) is 0 Å². The van der Waals surface area contributed by atoms with Crippen LogP contribution in [0, 0.1) is 0 Å². The van der Waals surface area contributed by atoms with Gasteiger partial charge in [-0.15, -0.1) is 0 Å². The highest BCUT2D eigenvalue weighted by Gasteiger charge is 2.17. The fourth-order valence-corrected chi connectivity index (χ4v) is 5.02. The van der Waals surface area contributed by atoms with Gasteiger partial charge in [-0.25, -0.2) is 0 Å². The zero-order valence-corrected chi connectivity index (χ0v) is 19.9. The average molecular weight is 515 g/mol. The molecule has 182 valence electrons. The topological polar surface area (TPSA) is 13.1 Å². The summed E-state index contributed by atoms with van der Waals surface area (Å²) in [6.07, 6.45) is 0. The third-order valence-electron chi connectivity index (χ3n) is 6.67. The molecule has 0 N–H and O–H groups in total. The van der Waals surface area contributed by atoms with Gasteiger partial charge in [0.1, 0.15) is 11.2 Å². The first-order valence-electron chi connectivity index (χ1n) is 20.9. The molecule has 0 spiro atoms. The monoisotopic (exact) mass is 514 g/mol. The summed E-state index contributed by atoms with van der Waals surface area (Å²) >= 11 is 0. The maximum Gasteiger partial charge on any atom is 0.135 e. The first-order chi connectivity index (χ1) is 26.8. The van der Waals surface area contributed by atoms with E-state index in [1.54, 1.807) is 30.3 Å². The van der Waals surface area contributed by atoms with Crippen LogP contribution < -0.4 is 0 Å². The molecule has 0 aliphatic rings. The van der Waals surface area contributed by atoms with Gasteiger partial charge in [-0.3, -0.25) is 0 Å². The van der Waals surface area contributed by atoms with Crippen LogP contribution in [0.3, 0.4) is 0 Å². The minimum absolute atomic E-state index is 0.0550. The van der Waals surface area contributed by atoms with Crippen molar-refractivity contribution in [2.24, 2.45) is 0 Å². The zero-order chi connectivity index (χ0) is 41.4. The fraction of sp³-hybridized carbons (Fsp3) is 0. The van der Waals surface area contributed by atoms with Gasteiger partial charge in [0.2, 0.25) is 0 Å². The highest BCUT2D eigenvalue weighted by molar-refractivity contribution is 6.22. The van der Waals surface area contributed by atoms with Crippen molar-refractivity contribution in [3.8, 4) is 33.4 Å². The van der Waals surface area contributed by atoms with Crippen LogP contribution >= 0.6 is 0 Å². The molecule has 0 bridgehead atoms. The largest absolute Gasteiger partial charge is 0.456 e. The van der Waals surface area contributed by atoms with E-state index in [0.29, 0.717) is 21.9 Å². The van der Waals surface area contributed by atoms with Gasteiger partial charge in [0.15, 0.2) is 0 Å². The molecule has 0 atom stereocenters. The summed E-state index contributed by atoms with van der Waals surface area (Å²) in [6.45, 7) is 0. The van der Waals surface area contributed by atoms with E-state index in [-0.39, 0.29) is 43.8 Å². The van der Waals surface area contributed by atoms with Crippen LogP contribution in [0.4, 0.5) is 0 Å². The van der Waals surface area contributed by atoms with Crippen LogP contribution in [-0.4, -0.2) is 0 Å². The molecular formula is C38H24O. The van der Waals surface area contributed by atoms with Crippen LogP contribution in [0.2, 0.25) is 0 Å². The molecular weight excluding hydrogens is 472 g/mol. The minimum Gasteiger partial charge on any atom is -0.456 e. The number of hydrogen-bond acceptors (Lipinski definition) is 1. The van der Waals surface area contributed by atoms with Crippen molar-refractivity contribution in [2.45, 2.75) is 0 Å². The SMILES string of the molecule is [2H]c1c([2H])c([2H])c(-c2ccc3oc4ccc(-c5c6c([2H])c([2H])c([2H])c([2H])c6c(-c6c([2H])c([2H])c([2H])c([2H])c6[2H])c6c([2H])c([2H])c([2H])c([2H])c56)cc4c3c2)c([2H])c1[2H]. The number of fused-ring (bicyclic) bond motifs is 5. The second-order valence-corrected chi connectivity index (χ2v) is 8.77. The first kappa shape index (κ1) is 10.6. The minimum atomic E-state index is -0.765. The maximum atomic E-state index is 9.19. The summed E-state index contributed by atoms with van der Waals surface area (Å²) in [4.78, 5) is 0. The molecule has 0 aliphatic carbocycles. The van der Waals surface area contributed by atoms with Crippen LogP contribution in [0.15, 0.2) is 150 Å². The molecule has 7 aromatic carbocycles. The number of benzene rings is 7. The van der Waals surface area contributed by atoms with Gasteiger partial charge in [-0.1, -0.05) is 121 Å². The van der Waals surface area contributed by atoms with Gasteiger partial charge < -0.3 is 4.42 Å². The highest BCUT2D eigenvalue weighted by atomic mass is 16.3. The van der Waals surface area contributed by atoms with Crippen LogP contribution in [-0.2, 0) is 0 Å². The molecule has 0 fully saturated rings. The van der Waals surface area contributed by atoms with Gasteiger partial charge in [0.25, 0.3) is 0 Å². The lowest BCUT2D eigenvalue weighted by molar-refractivity contribution is 0.669. The summed E-state index contributed by atoms with van der Waals surface area (Å²) in [6, 6.07) is -2.33. The Bertz CT molecular complexity index is 3030. The van der Waals surface area contributed by atoms with E-state index in [1.807, 2.05) is 0 Å². The van der Waals surface area contributed by atoms with Gasteiger partial charge in [0.05, 0.1) is 24.7 Å². The molecule has 0 amide bonds. The molecule has 0 radical (unpaired) electrons. The van der Waals surface area contributed by atoms with Gasteiger partial charge in [-0.2, -0.15) is 0 Å². The summed E-state index contributed by atoms with van der Waals surface area (Å²) < 4.78 is 161. The molecule has 1 heteroatoms. The first-order valence-corrected chi connectivity index (χ1v) is 11.9. The van der Waals surface area contributed by atoms with Crippen molar-refractivity contribution in [1.29, 1.82) is 0 Å². The Kier molecular flexibility index (Phi) is 2.36. The van der Waals surface area contributed by atoms with Crippen molar-refractivity contribution >= 4 is 43.5 Å². The van der Waals surface area contributed by atoms with E-state index in [4.69, 9.17) is 26.3 Å². The molecule has 0 aliphatic heterocycles. The number of hydrogen-bond donors (Lipinski definition) is 0. The maximum absolute atomic E-state index is 9.19. The Morgan fingerprint density at radius 3 is 1.31 bits per heavy atom. The van der Waals surface area contributed by atoms with Crippen molar-refractivity contribution in [3.05, 3.63) is 145 Å². The Hall–Kier alpha value is -5.14. The lowest BCUT2D eigenvalue weighted by Gasteiger charge is -2.17. The lowest BCUT2D eigenvalue weighted by atomic mass is 9.86. The molecule has 8 aromatic rings. The third kappa shape index (κ3) is 3.48. The predicted molar refractivity (Wildman–Crippen MR) is 165 cm³/mol. The van der Waals surface area contributed by atoms with E-state index in [0.717, 1.165) is 0 Å². The molecule has 1 heterocycles. The second-order valence-electron chi connectivity index (χ2n) is 8.77. The van der Waals surface area contributed by atoms with Gasteiger partial charge >= 0.3 is 0 Å². The molecule has 1 nitrogen and oxygen atoms in total. The van der Waals surface area contributed by atoms with Crippen LogP contribution in [0.25, 0.3) is 76.9 Å². The number of rotatable bonds is 3. The van der Waals surface area contributed by atoms with Gasteiger partial charge in [-0.05, 0) is 79.2 Å². The van der Waals surface area contributed by atoms with Gasteiger partial charge in [0, 0.05) is 10.8 Å². The second kappa shape index (κ2) is 8.72. The molecule has 0 saturated heterocycles. The average Bonchev–Trinajstić information content (AvgIpc) is 3.57. The van der Waals surface area contributed by atoms with E-state index in [2.05, 4.69) is 0 Å². The van der Waals surface area contributed by atoms with E-state index >= 15 is 0 Å². The van der Waals surface area contributed by atoms with Crippen molar-refractivity contribution in [2.75, 3.05) is 0 Å². The fourth-order valence-electron chi connectivity index (χ4n) is 5.02. The van der Waals surface area contributed by atoms with Crippen molar-refractivity contribution < 1.29 is 29.1 Å². The molecule has 39 heavy (non-hydrogen) atoms. The Labute approximate surface area is 251 Å². The van der Waals surface area contributed by atoms with Crippen molar-refractivity contribution in [3.63, 3.8) is 0 Å². The van der Waals surface area contributed by atoms with Crippen molar-refractivity contribution in [1.82, 2.24) is 0 Å². The summed E-state index contributed by atoms with van der Waals surface area (Å²) in [7, 11) is 0. The summed E-state index contributed by atoms with van der Waals surface area (Å²) in [5, 5.41) is -0.348. The van der Waals surface area contributed by atoms with E-state index in [9.17, 15) is 2.74 Å². The smallest absolute Gasteiger partial charge is 0.135 e. The lowest BCUT2D eigenvalue weighted by Crippen LogP contribution is -1.90. The van der Waals surface area contributed by atoms with E-state index in [1.165, 1.54) is 6.07 Å². The quantitative estimate of drug-likeness (QED) is 0.214. The number of furan rings is 1. The van der Waals surface area contributed by atoms with Crippen LogP contribution in [0.1, 0.15) is 24.7 Å². The Morgan fingerprint density at radius 1 is 0.359 bits per heavy atom. The summed E-state index contributed by atoms with van der Waals surface area (Å²) in [5.74, 6) is 0. The molecule has 8 rings (SSSR count). The standard InChI is InChI=1S/C38H24O/c1-3-11-25(12-4-1)27-19-21-35-33(23-27)34-24-28(20-22-36(34)39-35)38-31-17-9-7-15-29(31)37(26-13-5-2-6-14-26)30-16-8-10-18-32(30)38/h1-24H/i1D,2D,3D,4D,5D,6D,7D,8D,9D,10D,11D,12D,13D,14D,15D,16D,17D,18D. The van der Waals surface area contributed by atoms with E-state index < -0.39 is 120 Å². The predicted octanol–water partition coefficient (Wildman–Crippen LogP) is 10.9. The highest BCUT2D eigenvalue weighted by Crippen LogP contribution is 2.44. The zero-order valence-electron chi connectivity index (χ0n) is 37.9. The molecule has 0 saturated carbocycles. The Balaban J connectivity index is 1.58. The molecule has 0 unspecified atom stereocenters. The normalized spacial score (nSPS) is 18.1. The third-order valence-corrected chi connectivity index (χ3v) is 6.67. The molecule has 1 aromatic heterocycles.